The second-order valence-electron chi connectivity index (χ2n) is 6.43. The number of carbonyl (C=O) groups is 1. The summed E-state index contributed by atoms with van der Waals surface area (Å²) in [7, 11) is 0. The fourth-order valence-corrected chi connectivity index (χ4v) is 2.99. The molecule has 8 heteroatoms. The third-order valence-electron chi connectivity index (χ3n) is 4.49. The van der Waals surface area contributed by atoms with Crippen LogP contribution in [0.5, 0.6) is 0 Å². The van der Waals surface area contributed by atoms with Crippen molar-refractivity contribution in [2.45, 2.75) is 26.4 Å². The molecule has 1 amide bonds. The largest absolute Gasteiger partial charge is 0.420 e. The molecule has 0 spiro atoms. The molecule has 1 atom stereocenters. The average Bonchev–Trinajstić information content (AvgIpc) is 3.28. The Kier molecular flexibility index (Phi) is 4.52. The molecule has 0 fully saturated rings. The lowest BCUT2D eigenvalue weighted by Crippen LogP contribution is -2.34. The first kappa shape index (κ1) is 17.7. The number of nitrogens with one attached hydrogen (secondary N) is 1. The van der Waals surface area contributed by atoms with E-state index in [9.17, 15) is 9.59 Å². The van der Waals surface area contributed by atoms with Crippen LogP contribution in [0.25, 0.3) is 22.5 Å². The van der Waals surface area contributed by atoms with Gasteiger partial charge in [-0.1, -0.05) is 41.6 Å². The van der Waals surface area contributed by atoms with Crippen molar-refractivity contribution in [2.24, 2.45) is 0 Å². The van der Waals surface area contributed by atoms with Gasteiger partial charge >= 0.3 is 5.76 Å². The van der Waals surface area contributed by atoms with Gasteiger partial charge in [0.1, 0.15) is 6.04 Å². The number of benzene rings is 2. The molecule has 0 radical (unpaired) electrons. The number of hydrogen-bond acceptors (Lipinski definition) is 6. The molecule has 0 unspecified atom stereocenters. The van der Waals surface area contributed by atoms with Gasteiger partial charge in [0.2, 0.25) is 17.6 Å². The molecule has 2 heterocycles. The van der Waals surface area contributed by atoms with Crippen LogP contribution >= 0.6 is 0 Å². The smallest absolute Gasteiger partial charge is 0.408 e. The molecule has 28 heavy (non-hydrogen) atoms. The minimum absolute atomic E-state index is 0.272. The van der Waals surface area contributed by atoms with E-state index in [4.69, 9.17) is 8.94 Å². The predicted octanol–water partition coefficient (Wildman–Crippen LogP) is 2.83. The highest BCUT2D eigenvalue weighted by atomic mass is 16.5. The van der Waals surface area contributed by atoms with Crippen LogP contribution in [0.3, 0.4) is 0 Å². The first-order chi connectivity index (χ1) is 13.5. The summed E-state index contributed by atoms with van der Waals surface area (Å²) in [5, 5.41) is 6.73. The molecule has 4 rings (SSSR count). The number of aryl methyl sites for hydroxylation is 1. The predicted molar refractivity (Wildman–Crippen MR) is 102 cm³/mol. The molecule has 0 aliphatic heterocycles. The van der Waals surface area contributed by atoms with Gasteiger partial charge in [-0.25, -0.2) is 4.79 Å². The van der Waals surface area contributed by atoms with E-state index in [2.05, 4.69) is 15.5 Å². The van der Waals surface area contributed by atoms with Gasteiger partial charge in [-0.15, -0.1) is 0 Å². The number of fused-ring (bicyclic) bond motifs is 1. The Morgan fingerprint density at radius 2 is 1.93 bits per heavy atom. The number of hydrogen-bond donors (Lipinski definition) is 1. The first-order valence-corrected chi connectivity index (χ1v) is 8.80. The maximum absolute atomic E-state index is 12.6. The molecule has 0 aliphatic carbocycles. The van der Waals surface area contributed by atoms with E-state index < -0.39 is 11.8 Å². The minimum atomic E-state index is -0.697. The van der Waals surface area contributed by atoms with Crippen LogP contribution in [0.15, 0.2) is 62.3 Å². The maximum Gasteiger partial charge on any atom is 0.420 e. The zero-order chi connectivity index (χ0) is 19.7. The summed E-state index contributed by atoms with van der Waals surface area (Å²) in [6.07, 6.45) is 0. The summed E-state index contributed by atoms with van der Waals surface area (Å²) < 4.78 is 11.5. The van der Waals surface area contributed by atoms with E-state index >= 15 is 0 Å². The highest BCUT2D eigenvalue weighted by Crippen LogP contribution is 2.18. The standard InChI is InChI=1S/C20H18N4O4/c1-12(24-16-5-3-4-6-17(16)27-20(24)26)19(25)21-11-14-7-9-15(10-8-14)18-22-13(2)28-23-18/h3-10,12H,11H2,1-2H3,(H,21,25)/t12-/m0/s1. The highest BCUT2D eigenvalue weighted by molar-refractivity contribution is 5.82. The molecular formula is C20H18N4O4. The summed E-state index contributed by atoms with van der Waals surface area (Å²) in [5.41, 5.74) is 2.79. The number of nitrogens with zero attached hydrogens (tertiary/aromatic N) is 3. The molecule has 0 saturated heterocycles. The first-order valence-electron chi connectivity index (χ1n) is 8.80. The fourth-order valence-electron chi connectivity index (χ4n) is 2.99. The molecule has 2 aromatic carbocycles. The SMILES string of the molecule is Cc1nc(-c2ccc(CNC(=O)[C@H](C)n3c(=O)oc4ccccc43)cc2)no1. The Morgan fingerprint density at radius 3 is 2.64 bits per heavy atom. The molecule has 1 N–H and O–H groups in total. The summed E-state index contributed by atoms with van der Waals surface area (Å²) in [5.74, 6) is 0.199. The van der Waals surface area contributed by atoms with E-state index in [0.29, 0.717) is 29.4 Å². The number of carbonyl (C=O) groups excluding carboxylic acids is 1. The van der Waals surface area contributed by atoms with Gasteiger partial charge in [0.15, 0.2) is 5.58 Å². The van der Waals surface area contributed by atoms with E-state index in [1.54, 1.807) is 38.1 Å². The van der Waals surface area contributed by atoms with Crippen LogP contribution in [-0.4, -0.2) is 20.6 Å². The number of oxazole rings is 1. The van der Waals surface area contributed by atoms with Crippen LogP contribution in [0.1, 0.15) is 24.4 Å². The molecule has 2 aromatic heterocycles. The van der Waals surface area contributed by atoms with Crippen molar-refractivity contribution in [2.75, 3.05) is 0 Å². The Balaban J connectivity index is 1.45. The maximum atomic E-state index is 12.6. The van der Waals surface area contributed by atoms with E-state index in [1.807, 2.05) is 24.3 Å². The third kappa shape index (κ3) is 3.32. The molecule has 0 aliphatic rings. The monoisotopic (exact) mass is 378 g/mol. The van der Waals surface area contributed by atoms with Crippen molar-refractivity contribution in [3.05, 3.63) is 70.5 Å². The summed E-state index contributed by atoms with van der Waals surface area (Å²) in [6, 6.07) is 13.8. The topological polar surface area (TPSA) is 103 Å². The molecule has 8 nitrogen and oxygen atoms in total. The van der Waals surface area contributed by atoms with Crippen LogP contribution in [-0.2, 0) is 11.3 Å². The van der Waals surface area contributed by atoms with Crippen LogP contribution in [0.4, 0.5) is 0 Å². The zero-order valence-corrected chi connectivity index (χ0v) is 15.4. The van der Waals surface area contributed by atoms with Crippen molar-refractivity contribution in [1.82, 2.24) is 20.0 Å². The van der Waals surface area contributed by atoms with Crippen LogP contribution in [0, 0.1) is 6.92 Å². The van der Waals surface area contributed by atoms with Gasteiger partial charge in [0.25, 0.3) is 0 Å². The lowest BCUT2D eigenvalue weighted by molar-refractivity contribution is -0.124. The Hall–Kier alpha value is -3.68. The van der Waals surface area contributed by atoms with Gasteiger partial charge in [0.05, 0.1) is 5.52 Å². The molecule has 142 valence electrons. The third-order valence-corrected chi connectivity index (χ3v) is 4.49. The van der Waals surface area contributed by atoms with E-state index in [-0.39, 0.29) is 5.91 Å². The molecule has 0 saturated carbocycles. The quantitative estimate of drug-likeness (QED) is 0.573. The second-order valence-corrected chi connectivity index (χ2v) is 6.43. The summed E-state index contributed by atoms with van der Waals surface area (Å²) in [4.78, 5) is 28.9. The molecule has 0 bridgehead atoms. The van der Waals surface area contributed by atoms with Crippen molar-refractivity contribution in [3.63, 3.8) is 0 Å². The molecule has 4 aromatic rings. The Bertz CT molecular complexity index is 1190. The van der Waals surface area contributed by atoms with Gasteiger partial charge < -0.3 is 14.3 Å². The lowest BCUT2D eigenvalue weighted by Gasteiger charge is -2.13. The van der Waals surface area contributed by atoms with Crippen molar-refractivity contribution >= 4 is 17.0 Å². The van der Waals surface area contributed by atoms with Crippen LogP contribution < -0.4 is 11.1 Å². The van der Waals surface area contributed by atoms with Gasteiger partial charge in [0, 0.05) is 19.0 Å². The zero-order valence-electron chi connectivity index (χ0n) is 15.4. The average molecular weight is 378 g/mol. The highest BCUT2D eigenvalue weighted by Gasteiger charge is 2.20. The lowest BCUT2D eigenvalue weighted by atomic mass is 10.1. The molecular weight excluding hydrogens is 360 g/mol. The Morgan fingerprint density at radius 1 is 1.18 bits per heavy atom. The Labute approximate surface area is 159 Å². The van der Waals surface area contributed by atoms with Gasteiger partial charge in [-0.2, -0.15) is 4.98 Å². The van der Waals surface area contributed by atoms with Gasteiger partial charge in [-0.3, -0.25) is 9.36 Å². The normalized spacial score (nSPS) is 12.2. The van der Waals surface area contributed by atoms with Crippen molar-refractivity contribution in [3.8, 4) is 11.4 Å². The van der Waals surface area contributed by atoms with Crippen molar-refractivity contribution < 1.29 is 13.7 Å². The number of para-hydroxylation sites is 2. The second kappa shape index (κ2) is 7.15. The van der Waals surface area contributed by atoms with Crippen LogP contribution in [0.2, 0.25) is 0 Å². The van der Waals surface area contributed by atoms with E-state index in [1.165, 1.54) is 4.57 Å². The fraction of sp³-hybridized carbons (Fsp3) is 0.200. The van der Waals surface area contributed by atoms with Crippen molar-refractivity contribution in [1.29, 1.82) is 0 Å². The number of aromatic nitrogens is 3. The van der Waals surface area contributed by atoms with E-state index in [0.717, 1.165) is 11.1 Å². The summed E-state index contributed by atoms with van der Waals surface area (Å²) >= 11 is 0. The minimum Gasteiger partial charge on any atom is -0.408 e. The number of amides is 1. The number of rotatable bonds is 5. The van der Waals surface area contributed by atoms with Gasteiger partial charge in [-0.05, 0) is 24.6 Å². The summed E-state index contributed by atoms with van der Waals surface area (Å²) in [6.45, 7) is 3.73.